The first-order valence-corrected chi connectivity index (χ1v) is 35.3. The number of benzene rings is 15. The predicted molar refractivity (Wildman–Crippen MR) is 430 cm³/mol. The van der Waals surface area contributed by atoms with Gasteiger partial charge >= 0.3 is 0 Å². The lowest BCUT2D eigenvalue weighted by molar-refractivity contribution is 0.590. The summed E-state index contributed by atoms with van der Waals surface area (Å²) < 4.78 is 4.90. The minimum absolute atomic E-state index is 0.334. The van der Waals surface area contributed by atoms with Crippen LogP contribution in [0.2, 0.25) is 0 Å². The molecule has 0 fully saturated rings. The molecule has 19 rings (SSSR count). The topological polar surface area (TPSA) is 63.9 Å². The summed E-state index contributed by atoms with van der Waals surface area (Å²) in [5, 5.41) is 26.5. The molecule has 0 bridgehead atoms. The van der Waals surface area contributed by atoms with E-state index >= 15 is 0 Å². The Labute approximate surface area is 599 Å². The van der Waals surface area contributed by atoms with Crippen LogP contribution in [0.1, 0.15) is 37.5 Å². The van der Waals surface area contributed by atoms with E-state index in [9.17, 15) is 10.5 Å². The Kier molecular flexibility index (Phi) is 14.2. The molecule has 15 aromatic carbocycles. The molecule has 0 aliphatic carbocycles. The number of hydrogen-bond donors (Lipinski definition) is 0. The molecule has 0 amide bonds. The quantitative estimate of drug-likeness (QED) is 0.128. The molecule has 0 unspecified atom stereocenters. The fourth-order valence-electron chi connectivity index (χ4n) is 16.5. The van der Waals surface area contributed by atoms with Gasteiger partial charge in [0.25, 0.3) is 6.71 Å². The van der Waals surface area contributed by atoms with Crippen LogP contribution in [0, 0.1) is 22.7 Å². The van der Waals surface area contributed by atoms with Crippen molar-refractivity contribution in [1.82, 2.24) is 9.13 Å². The normalized spacial score (nSPS) is 12.3. The van der Waals surface area contributed by atoms with Crippen LogP contribution < -0.4 is 26.2 Å². The van der Waals surface area contributed by atoms with E-state index in [1.165, 1.54) is 21.5 Å². The first-order valence-electron chi connectivity index (χ1n) is 35.3. The van der Waals surface area contributed by atoms with Gasteiger partial charge < -0.3 is 18.9 Å². The van der Waals surface area contributed by atoms with Crippen molar-refractivity contribution >= 4 is 101 Å². The highest BCUT2D eigenvalue weighted by Gasteiger charge is 2.46. The van der Waals surface area contributed by atoms with Crippen molar-refractivity contribution in [3.8, 4) is 90.3 Å². The van der Waals surface area contributed by atoms with Gasteiger partial charge in [-0.25, -0.2) is 0 Å². The number of para-hydroxylation sites is 4. The maximum atomic E-state index is 10.9. The smallest absolute Gasteiger partial charge is 0.252 e. The second-order valence-corrected chi connectivity index (χ2v) is 28.2. The minimum atomic E-state index is -0.415. The van der Waals surface area contributed by atoms with Gasteiger partial charge in [0.05, 0.1) is 56.7 Å². The summed E-state index contributed by atoms with van der Waals surface area (Å²) in [5.74, 6) is 0. The zero-order chi connectivity index (χ0) is 69.0. The molecule has 17 aromatic rings. The fraction of sp³-hybridized carbons (Fsp3) is 0.0417. The third-order valence-corrected chi connectivity index (χ3v) is 21.2. The number of fused-ring (bicyclic) bond motifs is 10. The van der Waals surface area contributed by atoms with Gasteiger partial charge in [0.2, 0.25) is 0 Å². The van der Waals surface area contributed by atoms with Crippen molar-refractivity contribution in [3.63, 3.8) is 0 Å². The lowest BCUT2D eigenvalue weighted by Gasteiger charge is -2.46. The van der Waals surface area contributed by atoms with Crippen LogP contribution in [0.5, 0.6) is 0 Å². The molecule has 2 aliphatic heterocycles. The number of nitriles is 2. The molecule has 0 saturated heterocycles. The maximum absolute atomic E-state index is 10.9. The standard InChI is InChI=1S/C96H65BN6/c1-96(2,3)72-56-91-93-92(57-72)103(95-80(67-34-14-7-15-35-67)53-71(65-30-10-5-11-31-65)55-82(95)69-37-25-27-63(51-69)61-99)90-59-74(101-87-44-22-18-40-77(87)78-41-19-23-45-88(78)101)47-49-84(90)97(93)83-48-46-73(100-85-42-20-16-38-75(85)76-39-17-21-43-86(76)100)58-89(83)102(91)94-79(66-32-12-6-13-33-66)52-70(64-28-8-4-9-29-64)54-81(94)68-36-24-26-62(50-68)60-98/h4-59H,1-3H3. The molecule has 7 heteroatoms. The third-order valence-electron chi connectivity index (χ3n) is 21.2. The summed E-state index contributed by atoms with van der Waals surface area (Å²) in [5.41, 5.74) is 30.2. The van der Waals surface area contributed by atoms with Gasteiger partial charge in [0.15, 0.2) is 0 Å². The van der Waals surface area contributed by atoms with E-state index in [0.717, 1.165) is 156 Å². The van der Waals surface area contributed by atoms with E-state index in [1.807, 2.05) is 24.3 Å². The minimum Gasteiger partial charge on any atom is -0.310 e. The number of aromatic nitrogens is 2. The Bertz CT molecular complexity index is 5900. The molecule has 0 spiro atoms. The van der Waals surface area contributed by atoms with Crippen LogP contribution >= 0.6 is 0 Å². The largest absolute Gasteiger partial charge is 0.310 e. The molecule has 4 heterocycles. The Morgan fingerprint density at radius 1 is 0.282 bits per heavy atom. The first-order chi connectivity index (χ1) is 50.6. The fourth-order valence-corrected chi connectivity index (χ4v) is 16.5. The number of hydrogen-bond acceptors (Lipinski definition) is 4. The molecule has 103 heavy (non-hydrogen) atoms. The van der Waals surface area contributed by atoms with Crippen molar-refractivity contribution in [1.29, 1.82) is 10.5 Å². The summed E-state index contributed by atoms with van der Waals surface area (Å²) in [6.45, 7) is 6.69. The van der Waals surface area contributed by atoms with Crippen molar-refractivity contribution in [3.05, 3.63) is 356 Å². The molecule has 0 atom stereocenters. The summed E-state index contributed by atoms with van der Waals surface area (Å²) in [7, 11) is 0. The van der Waals surface area contributed by atoms with Crippen LogP contribution in [-0.2, 0) is 5.41 Å². The van der Waals surface area contributed by atoms with Gasteiger partial charge in [0.1, 0.15) is 0 Å². The maximum Gasteiger partial charge on any atom is 0.252 e. The Hall–Kier alpha value is -13.5. The van der Waals surface area contributed by atoms with Gasteiger partial charge in [0, 0.05) is 77.9 Å². The molecule has 2 aromatic heterocycles. The van der Waals surface area contributed by atoms with Gasteiger partial charge in [-0.15, -0.1) is 0 Å². The van der Waals surface area contributed by atoms with Crippen LogP contribution in [0.4, 0.5) is 34.1 Å². The highest BCUT2D eigenvalue weighted by atomic mass is 15.2. The lowest BCUT2D eigenvalue weighted by atomic mass is 9.33. The zero-order valence-corrected chi connectivity index (χ0v) is 57.1. The van der Waals surface area contributed by atoms with Crippen LogP contribution in [-0.4, -0.2) is 15.8 Å². The second kappa shape index (κ2) is 24.2. The van der Waals surface area contributed by atoms with E-state index in [0.29, 0.717) is 11.1 Å². The first kappa shape index (κ1) is 60.7. The highest BCUT2D eigenvalue weighted by molar-refractivity contribution is 7.00. The molecule has 0 saturated carbocycles. The van der Waals surface area contributed by atoms with Gasteiger partial charge in [-0.2, -0.15) is 10.5 Å². The van der Waals surface area contributed by atoms with Crippen LogP contribution in [0.15, 0.2) is 340 Å². The molecule has 2 aliphatic rings. The Morgan fingerprint density at radius 2 is 0.602 bits per heavy atom. The second-order valence-electron chi connectivity index (χ2n) is 28.2. The Balaban J connectivity index is 1.01. The van der Waals surface area contributed by atoms with Crippen LogP contribution in [0.3, 0.4) is 0 Å². The predicted octanol–water partition coefficient (Wildman–Crippen LogP) is 23.0. The van der Waals surface area contributed by atoms with Crippen molar-refractivity contribution in [2.45, 2.75) is 26.2 Å². The van der Waals surface area contributed by atoms with E-state index in [1.54, 1.807) is 0 Å². The Morgan fingerprint density at radius 3 is 0.951 bits per heavy atom. The number of anilines is 6. The van der Waals surface area contributed by atoms with E-state index in [2.05, 4.69) is 367 Å². The zero-order valence-electron chi connectivity index (χ0n) is 57.1. The lowest BCUT2D eigenvalue weighted by Crippen LogP contribution is -2.61. The molecule has 0 radical (unpaired) electrons. The van der Waals surface area contributed by atoms with Crippen LogP contribution in [0.25, 0.3) is 122 Å². The monoisotopic (exact) mass is 1310 g/mol. The van der Waals surface area contributed by atoms with Crippen molar-refractivity contribution in [2.75, 3.05) is 9.80 Å². The number of rotatable bonds is 10. The SMILES string of the molecule is CC(C)(C)c1cc2c3c(c1)N(c1c(-c4ccccc4)cc(-c4ccccc4)cc1-c1cccc(C#N)c1)c1cc(-n4c5ccccc5c5ccccc54)ccc1B3c1ccc(-n3c4ccccc4c4ccccc43)cc1N2c1c(-c2ccccc2)cc(-c2ccccc2)cc1-c1cccc(C#N)c1. The number of nitrogens with zero attached hydrogens (tertiary/aromatic N) is 6. The molecule has 6 nitrogen and oxygen atoms in total. The average Bonchev–Trinajstić information content (AvgIpc) is 1.32. The molecule has 482 valence electrons. The van der Waals surface area contributed by atoms with Gasteiger partial charge in [-0.1, -0.05) is 251 Å². The van der Waals surface area contributed by atoms with Gasteiger partial charge in [-0.05, 0) is 181 Å². The summed E-state index contributed by atoms with van der Waals surface area (Å²) in [6.07, 6.45) is 0. The summed E-state index contributed by atoms with van der Waals surface area (Å²) >= 11 is 0. The molecular formula is C96H65BN6. The van der Waals surface area contributed by atoms with Crippen molar-refractivity contribution < 1.29 is 0 Å². The van der Waals surface area contributed by atoms with E-state index in [4.69, 9.17) is 0 Å². The summed E-state index contributed by atoms with van der Waals surface area (Å²) in [6, 6.07) is 129. The highest BCUT2D eigenvalue weighted by Crippen LogP contribution is 2.56. The van der Waals surface area contributed by atoms with E-state index in [-0.39, 0.29) is 6.71 Å². The third kappa shape index (κ3) is 9.92. The average molecular weight is 1310 g/mol. The van der Waals surface area contributed by atoms with E-state index < -0.39 is 5.41 Å². The van der Waals surface area contributed by atoms with Crippen molar-refractivity contribution in [2.24, 2.45) is 0 Å². The summed E-state index contributed by atoms with van der Waals surface area (Å²) in [4.78, 5) is 5.23. The molecular weight excluding hydrogens is 1250 g/mol. The molecule has 0 N–H and O–H groups in total. The van der Waals surface area contributed by atoms with Gasteiger partial charge in [-0.3, -0.25) is 0 Å².